The number of nitrogens with zero attached hydrogens (tertiary/aromatic N) is 1. The highest BCUT2D eigenvalue weighted by Gasteiger charge is 2.37. The minimum absolute atomic E-state index is 0.0341. The van der Waals surface area contributed by atoms with Crippen LogP contribution in [0.2, 0.25) is 0 Å². The van der Waals surface area contributed by atoms with Crippen molar-refractivity contribution in [3.8, 4) is 5.75 Å². The first-order valence-electron chi connectivity index (χ1n) is 16.1. The first kappa shape index (κ1) is 36.7. The predicted molar refractivity (Wildman–Crippen MR) is 174 cm³/mol. The lowest BCUT2D eigenvalue weighted by atomic mass is 9.87. The fraction of sp³-hybridized carbons (Fsp3) is 0.588. The van der Waals surface area contributed by atoms with Crippen molar-refractivity contribution >= 4 is 23.6 Å². The van der Waals surface area contributed by atoms with Crippen LogP contribution >= 0.6 is 0 Å². The molecule has 1 saturated heterocycles. The van der Waals surface area contributed by atoms with Gasteiger partial charge in [0.1, 0.15) is 23.9 Å². The topological polar surface area (TPSA) is 158 Å². The molecule has 46 heavy (non-hydrogen) atoms. The molecule has 0 radical (unpaired) electrons. The third kappa shape index (κ3) is 10.1. The Morgan fingerprint density at radius 3 is 2.43 bits per heavy atom. The Bertz CT molecular complexity index is 1250. The number of aromatic hydroxyl groups is 1. The number of phenols is 1. The number of methoxy groups -OCH3 is 2. The average Bonchev–Trinajstić information content (AvgIpc) is 3.03. The van der Waals surface area contributed by atoms with E-state index in [0.717, 1.165) is 0 Å². The third-order valence-electron chi connectivity index (χ3n) is 8.63. The summed E-state index contributed by atoms with van der Waals surface area (Å²) in [6, 6.07) is 3.88. The van der Waals surface area contributed by atoms with Crippen LogP contribution in [0.4, 0.5) is 0 Å². The maximum Gasteiger partial charge on any atom is 0.259 e. The van der Waals surface area contributed by atoms with Gasteiger partial charge >= 0.3 is 0 Å². The molecule has 0 saturated carbocycles. The lowest BCUT2D eigenvalue weighted by molar-refractivity contribution is -0.144. The van der Waals surface area contributed by atoms with Gasteiger partial charge in [0.2, 0.25) is 17.7 Å². The molecule has 2 bridgehead atoms. The van der Waals surface area contributed by atoms with E-state index in [-0.39, 0.29) is 41.9 Å². The molecule has 1 fully saturated rings. The number of carbonyl (C=O) groups excluding carboxylic acids is 4. The molecule has 12 heteroatoms. The second-order valence-corrected chi connectivity index (χ2v) is 12.4. The van der Waals surface area contributed by atoms with Gasteiger partial charge in [-0.2, -0.15) is 0 Å². The van der Waals surface area contributed by atoms with Crippen molar-refractivity contribution in [1.82, 2.24) is 26.4 Å². The van der Waals surface area contributed by atoms with E-state index in [4.69, 9.17) is 9.47 Å². The first-order chi connectivity index (χ1) is 22.0. The summed E-state index contributed by atoms with van der Waals surface area (Å²) in [5, 5.41) is 20.1. The molecule has 3 rings (SSSR count). The fourth-order valence-electron chi connectivity index (χ4n) is 5.95. The maximum atomic E-state index is 13.9. The number of phenolic OH excluding ortho intramolecular Hbond substituents is 1. The van der Waals surface area contributed by atoms with Gasteiger partial charge in [0.15, 0.2) is 0 Å². The molecule has 0 unspecified atom stereocenters. The molecule has 2 heterocycles. The number of nitrogens with one attached hydrogen (secondary N) is 4. The average molecular weight is 642 g/mol. The van der Waals surface area contributed by atoms with E-state index < -0.39 is 42.0 Å². The number of hydrogen-bond acceptors (Lipinski definition) is 8. The van der Waals surface area contributed by atoms with E-state index in [1.165, 1.54) is 17.1 Å². The minimum Gasteiger partial charge on any atom is -0.508 e. The Morgan fingerprint density at radius 2 is 1.76 bits per heavy atom. The van der Waals surface area contributed by atoms with Crippen LogP contribution in [0, 0.1) is 17.8 Å². The Kier molecular flexibility index (Phi) is 14.2. The Labute approximate surface area is 272 Å². The second-order valence-electron chi connectivity index (χ2n) is 12.4. The van der Waals surface area contributed by atoms with E-state index >= 15 is 0 Å². The number of amides is 4. The molecule has 4 amide bonds. The molecule has 5 N–H and O–H groups in total. The van der Waals surface area contributed by atoms with Crippen LogP contribution in [0.1, 0.15) is 52.5 Å². The molecule has 254 valence electrons. The molecule has 0 aromatic heterocycles. The molecule has 7 atom stereocenters. The van der Waals surface area contributed by atoms with Gasteiger partial charge in [-0.25, -0.2) is 5.43 Å². The number of rotatable bonds is 5. The van der Waals surface area contributed by atoms with Crippen LogP contribution in [0.3, 0.4) is 0 Å². The van der Waals surface area contributed by atoms with Crippen molar-refractivity contribution in [3.05, 3.63) is 54.1 Å². The second kappa shape index (κ2) is 17.8. The van der Waals surface area contributed by atoms with Crippen LogP contribution in [0.5, 0.6) is 5.75 Å². The van der Waals surface area contributed by atoms with Crippen LogP contribution in [0.25, 0.3) is 0 Å². The highest BCUT2D eigenvalue weighted by Crippen LogP contribution is 2.23. The summed E-state index contributed by atoms with van der Waals surface area (Å²) in [7, 11) is 3.14. The third-order valence-corrected chi connectivity index (χ3v) is 8.63. The number of carbonyl (C=O) groups is 4. The van der Waals surface area contributed by atoms with Crippen LogP contribution in [-0.4, -0.2) is 91.4 Å². The molecule has 2 aliphatic rings. The van der Waals surface area contributed by atoms with Crippen molar-refractivity contribution in [3.63, 3.8) is 0 Å². The number of ether oxygens (including phenoxy) is 2. The standard InChI is InChI=1S/C34H51N5O7/c1-21(2)29-33(43)36-27(20-24-13-11-14-25(40)19-24)34(44)39-18-12-15-26(38-39)32(42)35-17-10-8-7-9-16-28(45-5)22(3)30(46-6)23(4)31(41)37-29/h7-9,11,13-14,16,19,21-23,26-30,38,40H,10,12,15,17-18,20H2,1-6H3,(H,35,42)(H,36,43)(H,37,41)/b8-7-,16-9-/t22-,23+,26-,27-,28-,29-,30+/m0/s1. The number of allylic oxidation sites excluding steroid dienone is 2. The maximum absolute atomic E-state index is 13.9. The minimum atomic E-state index is -1.04. The van der Waals surface area contributed by atoms with E-state index in [2.05, 4.69) is 21.4 Å². The first-order valence-corrected chi connectivity index (χ1v) is 16.1. The van der Waals surface area contributed by atoms with Crippen molar-refractivity contribution in [2.45, 2.75) is 83.7 Å². The number of hydrazine groups is 1. The number of hydrogen-bond donors (Lipinski definition) is 5. The van der Waals surface area contributed by atoms with Gasteiger partial charge in [0, 0.05) is 39.6 Å². The zero-order valence-corrected chi connectivity index (χ0v) is 27.8. The summed E-state index contributed by atoms with van der Waals surface area (Å²) in [6.07, 6.45) is 8.55. The monoisotopic (exact) mass is 641 g/mol. The molecule has 12 nitrogen and oxygen atoms in total. The summed E-state index contributed by atoms with van der Waals surface area (Å²) in [5.41, 5.74) is 3.69. The molecular weight excluding hydrogens is 590 g/mol. The van der Waals surface area contributed by atoms with Crippen molar-refractivity contribution < 1.29 is 33.8 Å². The molecule has 1 aromatic rings. The van der Waals surface area contributed by atoms with Gasteiger partial charge in [-0.05, 0) is 42.9 Å². The van der Waals surface area contributed by atoms with Gasteiger partial charge < -0.3 is 30.5 Å². The van der Waals surface area contributed by atoms with Crippen molar-refractivity contribution in [2.75, 3.05) is 27.3 Å². The SMILES string of the molecule is CO[C@@H]1[C@@H](C)[C@@H](OC)/C=C\C=C/CCNC(=O)[C@@H]2CCCN(N2)C(=O)[C@H](Cc2cccc(O)c2)NC(=O)[C@H](C(C)C)NC(=O)[C@@H]1C. The molecule has 1 aromatic carbocycles. The van der Waals surface area contributed by atoms with Crippen LogP contribution < -0.4 is 21.4 Å². The van der Waals surface area contributed by atoms with Crippen LogP contribution in [0.15, 0.2) is 48.6 Å². The molecule has 2 aliphatic heterocycles. The normalized spacial score (nSPS) is 30.8. The van der Waals surface area contributed by atoms with Gasteiger partial charge in [0.25, 0.3) is 5.91 Å². The van der Waals surface area contributed by atoms with E-state index in [1.54, 1.807) is 33.3 Å². The van der Waals surface area contributed by atoms with Crippen molar-refractivity contribution in [1.29, 1.82) is 0 Å². The predicted octanol–water partition coefficient (Wildman–Crippen LogP) is 1.99. The smallest absolute Gasteiger partial charge is 0.259 e. The van der Waals surface area contributed by atoms with E-state index in [1.807, 2.05) is 45.1 Å². The summed E-state index contributed by atoms with van der Waals surface area (Å²) >= 11 is 0. The van der Waals surface area contributed by atoms with Gasteiger partial charge in [-0.1, -0.05) is 64.1 Å². The summed E-state index contributed by atoms with van der Waals surface area (Å²) in [5.74, 6) is -2.64. The molecular formula is C34H51N5O7. The Hall–Kier alpha value is -3.74. The summed E-state index contributed by atoms with van der Waals surface area (Å²) in [4.78, 5) is 54.3. The Morgan fingerprint density at radius 1 is 1.00 bits per heavy atom. The lowest BCUT2D eigenvalue weighted by Crippen LogP contribution is -2.63. The zero-order valence-electron chi connectivity index (χ0n) is 27.8. The van der Waals surface area contributed by atoms with Crippen molar-refractivity contribution in [2.24, 2.45) is 17.8 Å². The fourth-order valence-corrected chi connectivity index (χ4v) is 5.95. The number of fused-ring (bicyclic) bond motifs is 2. The van der Waals surface area contributed by atoms with Gasteiger partial charge in [0.05, 0.1) is 18.1 Å². The highest BCUT2D eigenvalue weighted by molar-refractivity contribution is 5.93. The van der Waals surface area contributed by atoms with E-state index in [0.29, 0.717) is 37.9 Å². The van der Waals surface area contributed by atoms with Gasteiger partial charge in [-0.15, -0.1) is 0 Å². The van der Waals surface area contributed by atoms with Crippen LogP contribution in [-0.2, 0) is 35.1 Å². The quantitative estimate of drug-likeness (QED) is 0.327. The largest absolute Gasteiger partial charge is 0.508 e. The van der Waals surface area contributed by atoms with E-state index in [9.17, 15) is 24.3 Å². The van der Waals surface area contributed by atoms with Gasteiger partial charge in [-0.3, -0.25) is 24.2 Å². The lowest BCUT2D eigenvalue weighted by Gasteiger charge is -2.36. The highest BCUT2D eigenvalue weighted by atomic mass is 16.5. The number of benzene rings is 1. The summed E-state index contributed by atoms with van der Waals surface area (Å²) in [6.45, 7) is 8.10. The molecule has 0 spiro atoms. The molecule has 0 aliphatic carbocycles. The zero-order chi connectivity index (χ0) is 33.8. The Balaban J connectivity index is 1.95. The summed E-state index contributed by atoms with van der Waals surface area (Å²) < 4.78 is 11.5.